The number of amides is 1. The number of aryl methyl sites for hydroxylation is 1. The van der Waals surface area contributed by atoms with Crippen LogP contribution in [-0.2, 0) is 16.0 Å². The van der Waals surface area contributed by atoms with Gasteiger partial charge in [0.25, 0.3) is 0 Å². The standard InChI is InChI=1S/C29H35FN8O3/c1-37-8-10-38(11-9-37)25(18-41-2)28(40)35-24-7-3-6-21-22(16-32-27(21)24)26-23(30)17-33-29(36-26)34-20-13-19(5-4-12-39)14-31-15-20/h3,6-7,13-17,25,32,39H,4-5,8-12,18H2,1-2H3,(H,35,40)(H,33,34,36). The summed E-state index contributed by atoms with van der Waals surface area (Å²) >= 11 is 0. The molecule has 1 aliphatic rings. The number of hydrogen-bond acceptors (Lipinski definition) is 9. The van der Waals surface area contributed by atoms with E-state index < -0.39 is 11.9 Å². The number of aromatic nitrogens is 4. The Kier molecular flexibility index (Phi) is 9.14. The number of likely N-dealkylation sites (N-methyl/N-ethyl adjacent to an activating group) is 1. The van der Waals surface area contributed by atoms with Gasteiger partial charge in [0, 0.05) is 63.2 Å². The van der Waals surface area contributed by atoms with Crippen molar-refractivity contribution in [1.82, 2.24) is 29.7 Å². The van der Waals surface area contributed by atoms with Crippen molar-refractivity contribution in [2.24, 2.45) is 0 Å². The van der Waals surface area contributed by atoms with E-state index in [0.29, 0.717) is 40.7 Å². The number of nitrogens with zero attached hydrogens (tertiary/aromatic N) is 5. The molecule has 1 atom stereocenters. The van der Waals surface area contributed by atoms with E-state index in [2.05, 4.69) is 47.4 Å². The van der Waals surface area contributed by atoms with Crippen LogP contribution in [0.15, 0.2) is 49.1 Å². The minimum atomic E-state index is -0.573. The molecule has 0 saturated carbocycles. The van der Waals surface area contributed by atoms with E-state index in [9.17, 15) is 4.79 Å². The summed E-state index contributed by atoms with van der Waals surface area (Å²) in [5, 5.41) is 16.0. The van der Waals surface area contributed by atoms with Crippen molar-refractivity contribution >= 4 is 34.1 Å². The second-order valence-corrected chi connectivity index (χ2v) is 10.2. The van der Waals surface area contributed by atoms with Crippen LogP contribution in [0.4, 0.5) is 21.7 Å². The second kappa shape index (κ2) is 13.1. The molecule has 3 aromatic heterocycles. The lowest BCUT2D eigenvalue weighted by atomic mass is 10.1. The lowest BCUT2D eigenvalue weighted by Crippen LogP contribution is -2.54. The molecule has 12 heteroatoms. The Hall–Kier alpha value is -3.97. The van der Waals surface area contributed by atoms with Gasteiger partial charge < -0.3 is 30.4 Å². The largest absolute Gasteiger partial charge is 0.396 e. The van der Waals surface area contributed by atoms with Gasteiger partial charge in [-0.3, -0.25) is 14.7 Å². The summed E-state index contributed by atoms with van der Waals surface area (Å²) in [6, 6.07) is 6.96. The normalized spacial score (nSPS) is 15.2. The van der Waals surface area contributed by atoms with Crippen molar-refractivity contribution in [2.75, 3.05) is 64.2 Å². The van der Waals surface area contributed by atoms with E-state index in [0.717, 1.165) is 37.9 Å². The summed E-state index contributed by atoms with van der Waals surface area (Å²) < 4.78 is 20.4. The van der Waals surface area contributed by atoms with E-state index >= 15 is 4.39 Å². The second-order valence-electron chi connectivity index (χ2n) is 10.2. The molecular formula is C29H35FN8O3. The van der Waals surface area contributed by atoms with Crippen LogP contribution in [0, 0.1) is 5.82 Å². The zero-order valence-electron chi connectivity index (χ0n) is 23.2. The Labute approximate surface area is 237 Å². The van der Waals surface area contributed by atoms with Crippen molar-refractivity contribution in [3.8, 4) is 11.3 Å². The van der Waals surface area contributed by atoms with Crippen molar-refractivity contribution in [3.63, 3.8) is 0 Å². The molecule has 4 aromatic rings. The van der Waals surface area contributed by atoms with Gasteiger partial charge in [-0.25, -0.2) is 14.4 Å². The number of aliphatic hydroxyl groups excluding tert-OH is 1. The fourth-order valence-corrected chi connectivity index (χ4v) is 5.03. The number of aliphatic hydroxyl groups is 1. The maximum absolute atomic E-state index is 15.0. The maximum atomic E-state index is 15.0. The number of fused-ring (bicyclic) bond motifs is 1. The number of H-pyrrole nitrogens is 1. The third kappa shape index (κ3) is 6.68. The molecule has 1 amide bonds. The Bertz CT molecular complexity index is 1490. The summed E-state index contributed by atoms with van der Waals surface area (Å²) in [6.07, 6.45) is 7.50. The molecule has 0 spiro atoms. The monoisotopic (exact) mass is 562 g/mol. The summed E-state index contributed by atoms with van der Waals surface area (Å²) in [5.41, 5.74) is 3.54. The summed E-state index contributed by atoms with van der Waals surface area (Å²) in [4.78, 5) is 33.8. The lowest BCUT2D eigenvalue weighted by molar-refractivity contribution is -0.124. The third-order valence-electron chi connectivity index (χ3n) is 7.25. The van der Waals surface area contributed by atoms with Crippen LogP contribution < -0.4 is 10.6 Å². The molecule has 0 radical (unpaired) electrons. The molecule has 1 aromatic carbocycles. The Balaban J connectivity index is 1.38. The van der Waals surface area contributed by atoms with Gasteiger partial charge >= 0.3 is 0 Å². The number of carbonyl (C=O) groups is 1. The lowest BCUT2D eigenvalue weighted by Gasteiger charge is -2.36. The summed E-state index contributed by atoms with van der Waals surface area (Å²) in [7, 11) is 3.67. The van der Waals surface area contributed by atoms with Gasteiger partial charge in [0.15, 0.2) is 5.82 Å². The van der Waals surface area contributed by atoms with Crippen molar-refractivity contribution < 1.29 is 19.0 Å². The fourth-order valence-electron chi connectivity index (χ4n) is 5.03. The molecule has 41 heavy (non-hydrogen) atoms. The number of para-hydroxylation sites is 1. The van der Waals surface area contributed by atoms with Gasteiger partial charge in [-0.15, -0.1) is 0 Å². The molecule has 0 aliphatic carbocycles. The molecule has 5 rings (SSSR count). The topological polar surface area (TPSA) is 132 Å². The van der Waals surface area contributed by atoms with Crippen LogP contribution in [0.2, 0.25) is 0 Å². The highest BCUT2D eigenvalue weighted by Gasteiger charge is 2.29. The predicted molar refractivity (Wildman–Crippen MR) is 156 cm³/mol. The molecule has 1 fully saturated rings. The quantitative estimate of drug-likeness (QED) is 0.218. The Morgan fingerprint density at radius 1 is 1.22 bits per heavy atom. The van der Waals surface area contributed by atoms with Gasteiger partial charge in [-0.05, 0) is 37.6 Å². The average Bonchev–Trinajstić information content (AvgIpc) is 3.41. The van der Waals surface area contributed by atoms with Crippen LogP contribution >= 0.6 is 0 Å². The van der Waals surface area contributed by atoms with E-state index in [-0.39, 0.29) is 30.8 Å². The highest BCUT2D eigenvalue weighted by Crippen LogP contribution is 2.33. The highest BCUT2D eigenvalue weighted by molar-refractivity contribution is 6.06. The smallest absolute Gasteiger partial charge is 0.244 e. The molecule has 1 saturated heterocycles. The van der Waals surface area contributed by atoms with Crippen LogP contribution in [0.1, 0.15) is 12.0 Å². The fraction of sp³-hybridized carbons (Fsp3) is 0.379. The van der Waals surface area contributed by atoms with Gasteiger partial charge in [0.1, 0.15) is 11.7 Å². The first-order valence-electron chi connectivity index (χ1n) is 13.6. The molecule has 11 nitrogen and oxygen atoms in total. The number of rotatable bonds is 11. The van der Waals surface area contributed by atoms with Crippen LogP contribution in [0.25, 0.3) is 22.2 Å². The highest BCUT2D eigenvalue weighted by atomic mass is 19.1. The predicted octanol–water partition coefficient (Wildman–Crippen LogP) is 3.03. The Morgan fingerprint density at radius 3 is 2.83 bits per heavy atom. The number of nitrogens with one attached hydrogen (secondary N) is 3. The number of pyridine rings is 1. The van der Waals surface area contributed by atoms with Crippen molar-refractivity contribution in [2.45, 2.75) is 18.9 Å². The SMILES string of the molecule is COCC(C(=O)Nc1cccc2c(-c3nc(Nc4cncc(CCCO)c4)ncc3F)c[nH]c12)N1CCN(C)CC1. The molecule has 0 bridgehead atoms. The minimum absolute atomic E-state index is 0.0993. The summed E-state index contributed by atoms with van der Waals surface area (Å²) in [5.74, 6) is -0.513. The molecular weight excluding hydrogens is 527 g/mol. The molecule has 1 unspecified atom stereocenters. The van der Waals surface area contributed by atoms with E-state index in [1.165, 1.54) is 0 Å². The number of hydrogen-bond donors (Lipinski definition) is 4. The zero-order chi connectivity index (χ0) is 28.8. The average molecular weight is 563 g/mol. The first-order valence-corrected chi connectivity index (χ1v) is 13.6. The van der Waals surface area contributed by atoms with Gasteiger partial charge in [0.2, 0.25) is 11.9 Å². The van der Waals surface area contributed by atoms with Crippen molar-refractivity contribution in [3.05, 3.63) is 60.4 Å². The maximum Gasteiger partial charge on any atom is 0.244 e. The van der Waals surface area contributed by atoms with E-state index in [1.807, 2.05) is 24.3 Å². The number of piperazine rings is 1. The third-order valence-corrected chi connectivity index (χ3v) is 7.25. The van der Waals surface area contributed by atoms with Crippen molar-refractivity contribution in [1.29, 1.82) is 0 Å². The van der Waals surface area contributed by atoms with E-state index in [1.54, 1.807) is 25.7 Å². The van der Waals surface area contributed by atoms with Crippen LogP contribution in [0.3, 0.4) is 0 Å². The van der Waals surface area contributed by atoms with Gasteiger partial charge in [0.05, 0.1) is 35.9 Å². The molecule has 4 heterocycles. The summed E-state index contributed by atoms with van der Waals surface area (Å²) in [6.45, 7) is 3.71. The number of halogens is 1. The number of benzene rings is 1. The minimum Gasteiger partial charge on any atom is -0.396 e. The van der Waals surface area contributed by atoms with Crippen LogP contribution in [0.5, 0.6) is 0 Å². The molecule has 1 aliphatic heterocycles. The number of anilines is 3. The van der Waals surface area contributed by atoms with E-state index in [4.69, 9.17) is 9.84 Å². The number of methoxy groups -OCH3 is 1. The molecule has 216 valence electrons. The number of aromatic amines is 1. The molecule has 4 N–H and O–H groups in total. The van der Waals surface area contributed by atoms with Crippen LogP contribution in [-0.4, -0.2) is 100 Å². The van der Waals surface area contributed by atoms with Gasteiger partial charge in [-0.1, -0.05) is 12.1 Å². The number of ether oxygens (including phenoxy) is 1. The Morgan fingerprint density at radius 2 is 2.05 bits per heavy atom. The first kappa shape index (κ1) is 28.6. The first-order chi connectivity index (χ1) is 20.0. The number of carbonyl (C=O) groups excluding carboxylic acids is 1. The van der Waals surface area contributed by atoms with Gasteiger partial charge in [-0.2, -0.15) is 0 Å². The zero-order valence-corrected chi connectivity index (χ0v) is 23.2.